The lowest BCUT2D eigenvalue weighted by Gasteiger charge is -2.12. The summed E-state index contributed by atoms with van der Waals surface area (Å²) in [6, 6.07) is 19.0. The van der Waals surface area contributed by atoms with E-state index in [1.54, 1.807) is 12.1 Å². The molecule has 3 aromatic rings. The summed E-state index contributed by atoms with van der Waals surface area (Å²) in [5.41, 5.74) is 5.40. The van der Waals surface area contributed by atoms with Gasteiger partial charge in [0.1, 0.15) is 10.7 Å². The number of anilines is 1. The standard InChI is InChI=1S/C20H19ClN4O/c1-14(2)19(15-9-5-3-6-10-15)24-23-17-13-22-25(20(26)18(17)21)16-11-7-4-8-12-16/h3-14,23H,1-2H3/b24-19-. The van der Waals surface area contributed by atoms with Crippen LogP contribution < -0.4 is 11.0 Å². The molecule has 0 spiro atoms. The molecule has 1 heterocycles. The van der Waals surface area contributed by atoms with Crippen LogP contribution in [0.25, 0.3) is 5.69 Å². The summed E-state index contributed by atoms with van der Waals surface area (Å²) in [4.78, 5) is 12.5. The van der Waals surface area contributed by atoms with E-state index in [0.717, 1.165) is 11.3 Å². The van der Waals surface area contributed by atoms with Crippen LogP contribution in [0.2, 0.25) is 5.02 Å². The molecule has 0 radical (unpaired) electrons. The molecule has 0 unspecified atom stereocenters. The number of hydrogen-bond acceptors (Lipinski definition) is 4. The fraction of sp³-hybridized carbons (Fsp3) is 0.150. The summed E-state index contributed by atoms with van der Waals surface area (Å²) in [6.45, 7) is 4.11. The second-order valence-corrected chi connectivity index (χ2v) is 6.43. The van der Waals surface area contributed by atoms with Crippen LogP contribution in [0, 0.1) is 5.92 Å². The lowest BCUT2D eigenvalue weighted by atomic mass is 10.0. The number of halogens is 1. The summed E-state index contributed by atoms with van der Waals surface area (Å²) in [5, 5.41) is 8.70. The highest BCUT2D eigenvalue weighted by Crippen LogP contribution is 2.18. The van der Waals surface area contributed by atoms with Crippen LogP contribution in [0.15, 0.2) is 76.8 Å². The molecule has 3 rings (SSSR count). The van der Waals surface area contributed by atoms with Gasteiger partial charge in [-0.2, -0.15) is 14.9 Å². The van der Waals surface area contributed by atoms with Crippen molar-refractivity contribution in [2.75, 3.05) is 5.43 Å². The average molecular weight is 367 g/mol. The molecule has 1 N–H and O–H groups in total. The van der Waals surface area contributed by atoms with Crippen molar-refractivity contribution in [1.82, 2.24) is 9.78 Å². The molecule has 26 heavy (non-hydrogen) atoms. The number of hydrogen-bond donors (Lipinski definition) is 1. The predicted octanol–water partition coefficient (Wildman–Crippen LogP) is 4.36. The van der Waals surface area contributed by atoms with Gasteiger partial charge in [0.15, 0.2) is 0 Å². The van der Waals surface area contributed by atoms with Gasteiger partial charge in [0.2, 0.25) is 0 Å². The van der Waals surface area contributed by atoms with Crippen molar-refractivity contribution in [3.8, 4) is 5.69 Å². The maximum absolute atomic E-state index is 12.5. The van der Waals surface area contributed by atoms with Gasteiger partial charge in [0.25, 0.3) is 5.56 Å². The van der Waals surface area contributed by atoms with Crippen LogP contribution in [-0.2, 0) is 0 Å². The quantitative estimate of drug-likeness (QED) is 0.539. The minimum Gasteiger partial charge on any atom is -0.275 e. The van der Waals surface area contributed by atoms with Gasteiger partial charge in [-0.1, -0.05) is 74.0 Å². The van der Waals surface area contributed by atoms with E-state index < -0.39 is 5.56 Å². The van der Waals surface area contributed by atoms with Crippen LogP contribution in [0.1, 0.15) is 19.4 Å². The Balaban J connectivity index is 1.93. The van der Waals surface area contributed by atoms with Crippen molar-refractivity contribution in [3.05, 3.63) is 87.8 Å². The summed E-state index contributed by atoms with van der Waals surface area (Å²) in [6.07, 6.45) is 1.50. The number of nitrogens with zero attached hydrogens (tertiary/aromatic N) is 3. The van der Waals surface area contributed by atoms with E-state index in [1.807, 2.05) is 48.5 Å². The Bertz CT molecular complexity index is 966. The molecule has 0 fully saturated rings. The molecule has 1 aromatic heterocycles. The van der Waals surface area contributed by atoms with E-state index in [4.69, 9.17) is 11.6 Å². The van der Waals surface area contributed by atoms with Gasteiger partial charge in [-0.15, -0.1) is 0 Å². The molecule has 2 aromatic carbocycles. The maximum atomic E-state index is 12.5. The second-order valence-electron chi connectivity index (χ2n) is 6.05. The Morgan fingerprint density at radius 1 is 1.08 bits per heavy atom. The molecule has 0 amide bonds. The number of hydrazone groups is 1. The first kappa shape index (κ1) is 17.9. The molecule has 0 saturated carbocycles. The first-order valence-corrected chi connectivity index (χ1v) is 8.68. The highest BCUT2D eigenvalue weighted by atomic mass is 35.5. The Morgan fingerprint density at radius 3 is 2.31 bits per heavy atom. The highest BCUT2D eigenvalue weighted by Gasteiger charge is 2.12. The van der Waals surface area contributed by atoms with E-state index in [0.29, 0.717) is 11.4 Å². The molecule has 132 valence electrons. The Morgan fingerprint density at radius 2 is 1.69 bits per heavy atom. The van der Waals surface area contributed by atoms with E-state index in [2.05, 4.69) is 29.5 Å². The van der Waals surface area contributed by atoms with E-state index >= 15 is 0 Å². The zero-order valence-corrected chi connectivity index (χ0v) is 15.3. The molecule has 6 heteroatoms. The van der Waals surface area contributed by atoms with Crippen LogP contribution in [-0.4, -0.2) is 15.5 Å². The fourth-order valence-electron chi connectivity index (χ4n) is 2.52. The van der Waals surface area contributed by atoms with Gasteiger partial charge in [-0.3, -0.25) is 10.2 Å². The van der Waals surface area contributed by atoms with Gasteiger partial charge < -0.3 is 0 Å². The Labute approximate surface area is 157 Å². The van der Waals surface area contributed by atoms with Gasteiger partial charge in [0, 0.05) is 0 Å². The first-order valence-electron chi connectivity index (χ1n) is 8.30. The smallest absolute Gasteiger partial charge is 0.275 e. The van der Waals surface area contributed by atoms with Crippen LogP contribution in [0.5, 0.6) is 0 Å². The molecular weight excluding hydrogens is 348 g/mol. The number of aromatic nitrogens is 2. The van der Waals surface area contributed by atoms with Crippen molar-refractivity contribution in [1.29, 1.82) is 0 Å². The average Bonchev–Trinajstić information content (AvgIpc) is 2.66. The fourth-order valence-corrected chi connectivity index (χ4v) is 2.69. The predicted molar refractivity (Wildman–Crippen MR) is 106 cm³/mol. The number of rotatable bonds is 5. The normalized spacial score (nSPS) is 11.6. The van der Waals surface area contributed by atoms with Crippen molar-refractivity contribution < 1.29 is 0 Å². The van der Waals surface area contributed by atoms with Gasteiger partial charge in [-0.25, -0.2) is 0 Å². The van der Waals surface area contributed by atoms with Crippen molar-refractivity contribution in [2.24, 2.45) is 11.0 Å². The summed E-state index contributed by atoms with van der Waals surface area (Å²) < 4.78 is 1.26. The largest absolute Gasteiger partial charge is 0.292 e. The minimum atomic E-state index is -0.399. The number of benzene rings is 2. The van der Waals surface area contributed by atoms with Crippen molar-refractivity contribution >= 4 is 23.0 Å². The summed E-state index contributed by atoms with van der Waals surface area (Å²) >= 11 is 6.25. The Hall–Kier alpha value is -2.92. The third-order valence-corrected chi connectivity index (χ3v) is 4.20. The molecule has 0 aliphatic rings. The SMILES string of the molecule is CC(C)/C(=N/Nc1cnn(-c2ccccc2)c(=O)c1Cl)c1ccccc1. The highest BCUT2D eigenvalue weighted by molar-refractivity contribution is 6.33. The third kappa shape index (κ3) is 3.83. The monoisotopic (exact) mass is 366 g/mol. The lowest BCUT2D eigenvalue weighted by Crippen LogP contribution is -2.22. The number of para-hydroxylation sites is 1. The lowest BCUT2D eigenvalue weighted by molar-refractivity contribution is 0.807. The van der Waals surface area contributed by atoms with Crippen LogP contribution in [0.4, 0.5) is 5.69 Å². The maximum Gasteiger partial charge on any atom is 0.292 e. The summed E-state index contributed by atoms with van der Waals surface area (Å²) in [5.74, 6) is 0.196. The topological polar surface area (TPSA) is 59.3 Å². The molecule has 0 aliphatic carbocycles. The Kier molecular flexibility index (Phi) is 5.49. The van der Waals surface area contributed by atoms with Crippen molar-refractivity contribution in [3.63, 3.8) is 0 Å². The van der Waals surface area contributed by atoms with Gasteiger partial charge in [-0.05, 0) is 23.6 Å². The van der Waals surface area contributed by atoms with Gasteiger partial charge >= 0.3 is 0 Å². The molecule has 0 bridgehead atoms. The molecule has 0 aliphatic heterocycles. The minimum absolute atomic E-state index is 0.0452. The van der Waals surface area contributed by atoms with Crippen LogP contribution >= 0.6 is 11.6 Å². The second kappa shape index (κ2) is 7.97. The summed E-state index contributed by atoms with van der Waals surface area (Å²) in [7, 11) is 0. The molecule has 5 nitrogen and oxygen atoms in total. The number of nitrogens with one attached hydrogen (secondary N) is 1. The zero-order valence-electron chi connectivity index (χ0n) is 14.6. The molecule has 0 atom stereocenters. The van der Waals surface area contributed by atoms with Crippen LogP contribution in [0.3, 0.4) is 0 Å². The van der Waals surface area contributed by atoms with E-state index in [-0.39, 0.29) is 10.9 Å². The van der Waals surface area contributed by atoms with Crippen molar-refractivity contribution in [2.45, 2.75) is 13.8 Å². The van der Waals surface area contributed by atoms with Gasteiger partial charge in [0.05, 0.1) is 17.6 Å². The van der Waals surface area contributed by atoms with E-state index in [1.165, 1.54) is 10.9 Å². The zero-order chi connectivity index (χ0) is 18.5. The molecular formula is C20H19ClN4O. The molecule has 0 saturated heterocycles. The third-order valence-electron chi connectivity index (χ3n) is 3.83. The first-order chi connectivity index (χ1) is 12.6. The van der Waals surface area contributed by atoms with E-state index in [9.17, 15) is 4.79 Å².